The molecule has 2 atom stereocenters. The van der Waals surface area contributed by atoms with Crippen molar-refractivity contribution in [2.24, 2.45) is 0 Å². The summed E-state index contributed by atoms with van der Waals surface area (Å²) in [5, 5.41) is 5.68. The number of nitrogens with one attached hydrogen (secondary N) is 2. The Kier molecular flexibility index (Phi) is 8.36. The van der Waals surface area contributed by atoms with Gasteiger partial charge in [0.2, 0.25) is 5.91 Å². The van der Waals surface area contributed by atoms with Crippen LogP contribution in [0.25, 0.3) is 0 Å². The third-order valence-corrected chi connectivity index (χ3v) is 4.21. The Morgan fingerprint density at radius 3 is 2.11 bits per heavy atom. The summed E-state index contributed by atoms with van der Waals surface area (Å²) in [4.78, 5) is 24.9. The summed E-state index contributed by atoms with van der Waals surface area (Å²) >= 11 is 0. The van der Waals surface area contributed by atoms with Crippen molar-refractivity contribution in [3.8, 4) is 0 Å². The van der Waals surface area contributed by atoms with Gasteiger partial charge in [-0.05, 0) is 24.5 Å². The Balaban J connectivity index is 1.97. The molecule has 144 valence electrons. The molecule has 2 N–H and O–H groups in total. The van der Waals surface area contributed by atoms with Gasteiger partial charge in [0.15, 0.2) is 0 Å². The van der Waals surface area contributed by atoms with Crippen LogP contribution in [0.1, 0.15) is 37.8 Å². The second kappa shape index (κ2) is 11.0. The van der Waals surface area contributed by atoms with E-state index >= 15 is 0 Å². The summed E-state index contributed by atoms with van der Waals surface area (Å²) in [6.45, 7) is 4.20. The van der Waals surface area contributed by atoms with E-state index in [4.69, 9.17) is 4.74 Å². The van der Waals surface area contributed by atoms with E-state index in [-0.39, 0.29) is 18.6 Å². The number of benzene rings is 2. The number of rotatable bonds is 9. The Labute approximate surface area is 161 Å². The van der Waals surface area contributed by atoms with Gasteiger partial charge in [-0.15, -0.1) is 0 Å². The largest absolute Gasteiger partial charge is 0.445 e. The lowest BCUT2D eigenvalue weighted by Gasteiger charge is -2.21. The minimum absolute atomic E-state index is 0.0583. The van der Waals surface area contributed by atoms with Crippen molar-refractivity contribution in [1.82, 2.24) is 10.6 Å². The standard InChI is InChI=1S/C22H28N2O3/c1-3-10-17(2)23-21(25)20(15-18-11-6-4-7-12-18)24-22(26)27-16-19-13-8-5-9-14-19/h4-9,11-14,17,20H,3,10,15-16H2,1-2H3,(H,23,25)(H,24,26)/t17-,20+/m0/s1. The van der Waals surface area contributed by atoms with Crippen molar-refractivity contribution in [2.45, 2.75) is 51.8 Å². The molecule has 0 fully saturated rings. The molecule has 0 aliphatic heterocycles. The first-order valence-corrected chi connectivity index (χ1v) is 9.40. The number of ether oxygens (including phenoxy) is 1. The molecule has 0 aliphatic carbocycles. The van der Waals surface area contributed by atoms with E-state index in [0.717, 1.165) is 24.0 Å². The maximum absolute atomic E-state index is 12.7. The Morgan fingerprint density at radius 2 is 1.52 bits per heavy atom. The van der Waals surface area contributed by atoms with Gasteiger partial charge < -0.3 is 15.4 Å². The predicted molar refractivity (Wildman–Crippen MR) is 106 cm³/mol. The van der Waals surface area contributed by atoms with Crippen LogP contribution in [0.5, 0.6) is 0 Å². The van der Waals surface area contributed by atoms with Crippen molar-refractivity contribution in [2.75, 3.05) is 0 Å². The lowest BCUT2D eigenvalue weighted by Crippen LogP contribution is -2.50. The van der Waals surface area contributed by atoms with Gasteiger partial charge in [0.1, 0.15) is 12.6 Å². The molecule has 2 aromatic carbocycles. The van der Waals surface area contributed by atoms with Gasteiger partial charge in [-0.2, -0.15) is 0 Å². The lowest BCUT2D eigenvalue weighted by atomic mass is 10.0. The maximum atomic E-state index is 12.7. The maximum Gasteiger partial charge on any atom is 0.408 e. The molecule has 0 radical (unpaired) electrons. The third-order valence-electron chi connectivity index (χ3n) is 4.21. The average Bonchev–Trinajstić information content (AvgIpc) is 2.67. The third kappa shape index (κ3) is 7.52. The van der Waals surface area contributed by atoms with Crippen molar-refractivity contribution < 1.29 is 14.3 Å². The number of alkyl carbamates (subject to hydrolysis) is 1. The highest BCUT2D eigenvalue weighted by Gasteiger charge is 2.23. The van der Waals surface area contributed by atoms with Gasteiger partial charge in [-0.25, -0.2) is 4.79 Å². The number of hydrogen-bond donors (Lipinski definition) is 2. The first kappa shape index (κ1) is 20.5. The van der Waals surface area contributed by atoms with Gasteiger partial charge in [0.05, 0.1) is 0 Å². The molecule has 0 spiro atoms. The molecule has 0 saturated heterocycles. The summed E-state index contributed by atoms with van der Waals surface area (Å²) in [5.41, 5.74) is 1.87. The molecule has 5 heteroatoms. The zero-order valence-corrected chi connectivity index (χ0v) is 16.0. The smallest absolute Gasteiger partial charge is 0.408 e. The topological polar surface area (TPSA) is 67.4 Å². The fraction of sp³-hybridized carbons (Fsp3) is 0.364. The normalized spacial score (nSPS) is 12.7. The van der Waals surface area contributed by atoms with E-state index in [0.29, 0.717) is 6.42 Å². The molecule has 2 amide bonds. The monoisotopic (exact) mass is 368 g/mol. The van der Waals surface area contributed by atoms with Crippen LogP contribution < -0.4 is 10.6 Å². The van der Waals surface area contributed by atoms with Crippen LogP contribution in [0.4, 0.5) is 4.79 Å². The van der Waals surface area contributed by atoms with E-state index in [1.807, 2.05) is 67.6 Å². The highest BCUT2D eigenvalue weighted by atomic mass is 16.5. The first-order chi connectivity index (χ1) is 13.1. The van der Waals surface area contributed by atoms with E-state index in [9.17, 15) is 9.59 Å². The molecule has 2 rings (SSSR count). The fourth-order valence-electron chi connectivity index (χ4n) is 2.81. The van der Waals surface area contributed by atoms with Crippen molar-refractivity contribution in [3.05, 3.63) is 71.8 Å². The summed E-state index contributed by atoms with van der Waals surface area (Å²) in [7, 11) is 0. The Bertz CT molecular complexity index is 704. The van der Waals surface area contributed by atoms with Gasteiger partial charge in [0.25, 0.3) is 0 Å². The molecule has 0 heterocycles. The number of carbonyl (C=O) groups is 2. The van der Waals surface area contributed by atoms with Gasteiger partial charge >= 0.3 is 6.09 Å². The van der Waals surface area contributed by atoms with E-state index < -0.39 is 12.1 Å². The molecular formula is C22H28N2O3. The lowest BCUT2D eigenvalue weighted by molar-refractivity contribution is -0.123. The SMILES string of the molecule is CCC[C@H](C)NC(=O)[C@@H](Cc1ccccc1)NC(=O)OCc1ccccc1. The van der Waals surface area contributed by atoms with E-state index in [2.05, 4.69) is 17.6 Å². The Hall–Kier alpha value is -2.82. The zero-order valence-electron chi connectivity index (χ0n) is 16.0. The molecule has 5 nitrogen and oxygen atoms in total. The van der Waals surface area contributed by atoms with Crippen molar-refractivity contribution >= 4 is 12.0 Å². The summed E-state index contributed by atoms with van der Waals surface area (Å²) in [5.74, 6) is -0.198. The first-order valence-electron chi connectivity index (χ1n) is 9.40. The van der Waals surface area contributed by atoms with Gasteiger partial charge in [0, 0.05) is 12.5 Å². The van der Waals surface area contributed by atoms with Crippen LogP contribution in [0.3, 0.4) is 0 Å². The summed E-state index contributed by atoms with van der Waals surface area (Å²) in [6, 6.07) is 18.4. The molecule has 0 bridgehead atoms. The van der Waals surface area contributed by atoms with Crippen LogP contribution in [0.15, 0.2) is 60.7 Å². The molecular weight excluding hydrogens is 340 g/mol. The van der Waals surface area contributed by atoms with E-state index in [1.54, 1.807) is 0 Å². The molecule has 0 aromatic heterocycles. The van der Waals surface area contributed by atoms with Crippen LogP contribution in [0.2, 0.25) is 0 Å². The average molecular weight is 368 g/mol. The Morgan fingerprint density at radius 1 is 0.926 bits per heavy atom. The number of amides is 2. The minimum atomic E-state index is -0.685. The molecule has 27 heavy (non-hydrogen) atoms. The summed E-state index contributed by atoms with van der Waals surface area (Å²) in [6.07, 6.45) is 1.68. The van der Waals surface area contributed by atoms with Gasteiger partial charge in [-0.1, -0.05) is 74.0 Å². The minimum Gasteiger partial charge on any atom is -0.445 e. The zero-order chi connectivity index (χ0) is 19.5. The van der Waals surface area contributed by atoms with Crippen LogP contribution >= 0.6 is 0 Å². The van der Waals surface area contributed by atoms with Crippen LogP contribution in [0, 0.1) is 0 Å². The van der Waals surface area contributed by atoms with Crippen molar-refractivity contribution in [1.29, 1.82) is 0 Å². The van der Waals surface area contributed by atoms with Crippen LogP contribution in [-0.4, -0.2) is 24.1 Å². The molecule has 0 unspecified atom stereocenters. The molecule has 0 aliphatic rings. The highest BCUT2D eigenvalue weighted by Crippen LogP contribution is 2.06. The van der Waals surface area contributed by atoms with Crippen LogP contribution in [-0.2, 0) is 22.6 Å². The summed E-state index contributed by atoms with van der Waals surface area (Å²) < 4.78 is 5.27. The van der Waals surface area contributed by atoms with Crippen molar-refractivity contribution in [3.63, 3.8) is 0 Å². The van der Waals surface area contributed by atoms with E-state index in [1.165, 1.54) is 0 Å². The molecule has 0 saturated carbocycles. The second-order valence-corrected chi connectivity index (χ2v) is 6.65. The number of carbonyl (C=O) groups excluding carboxylic acids is 2. The number of hydrogen-bond acceptors (Lipinski definition) is 3. The second-order valence-electron chi connectivity index (χ2n) is 6.65. The molecule has 2 aromatic rings. The fourth-order valence-corrected chi connectivity index (χ4v) is 2.81. The highest BCUT2D eigenvalue weighted by molar-refractivity contribution is 5.86. The quantitative estimate of drug-likeness (QED) is 0.707. The predicted octanol–water partition coefficient (Wildman–Crippen LogP) is 3.83. The van der Waals surface area contributed by atoms with Gasteiger partial charge in [-0.3, -0.25) is 4.79 Å².